The van der Waals surface area contributed by atoms with Crippen molar-refractivity contribution < 1.29 is 9.59 Å². The average molecular weight is 366 g/mol. The van der Waals surface area contributed by atoms with Crippen LogP contribution in [0.3, 0.4) is 0 Å². The third kappa shape index (κ3) is 6.82. The summed E-state index contributed by atoms with van der Waals surface area (Å²) in [5, 5.41) is 9.53. The van der Waals surface area contributed by atoms with Crippen LogP contribution in [0.25, 0.3) is 0 Å². The van der Waals surface area contributed by atoms with E-state index >= 15 is 0 Å². The Hall–Kier alpha value is -1.70. The van der Waals surface area contributed by atoms with Gasteiger partial charge >= 0.3 is 0 Å². The van der Waals surface area contributed by atoms with E-state index in [1.54, 1.807) is 22.7 Å². The number of nitrogens with zero attached hydrogens (tertiary/aromatic N) is 1. The first kappa shape index (κ1) is 18.6. The van der Waals surface area contributed by atoms with Crippen molar-refractivity contribution in [2.24, 2.45) is 0 Å². The fourth-order valence-corrected chi connectivity index (χ4v) is 3.72. The molecule has 0 radical (unpaired) electrons. The van der Waals surface area contributed by atoms with Crippen molar-refractivity contribution in [1.82, 2.24) is 15.5 Å². The van der Waals surface area contributed by atoms with Gasteiger partial charge in [0.15, 0.2) is 0 Å². The van der Waals surface area contributed by atoms with Crippen molar-refractivity contribution in [3.8, 4) is 0 Å². The molecule has 0 spiro atoms. The van der Waals surface area contributed by atoms with Crippen molar-refractivity contribution in [2.45, 2.75) is 33.0 Å². The van der Waals surface area contributed by atoms with Crippen molar-refractivity contribution >= 4 is 34.5 Å². The van der Waals surface area contributed by atoms with Gasteiger partial charge in [0.1, 0.15) is 0 Å². The molecule has 0 aliphatic heterocycles. The number of hydrogen-bond acceptors (Lipinski definition) is 5. The molecule has 130 valence electrons. The lowest BCUT2D eigenvalue weighted by Crippen LogP contribution is -2.43. The van der Waals surface area contributed by atoms with E-state index in [1.807, 2.05) is 36.7 Å². The molecular weight excluding hydrogens is 342 g/mol. The molecular formula is C17H23N3O2S2. The van der Waals surface area contributed by atoms with Crippen molar-refractivity contribution in [1.29, 1.82) is 0 Å². The second kappa shape index (κ2) is 9.56. The van der Waals surface area contributed by atoms with Gasteiger partial charge in [-0.1, -0.05) is 12.1 Å². The fraction of sp³-hybridized carbons (Fsp3) is 0.412. The van der Waals surface area contributed by atoms with Gasteiger partial charge in [-0.15, -0.1) is 22.7 Å². The third-order valence-electron chi connectivity index (χ3n) is 3.18. The second-order valence-corrected chi connectivity index (χ2v) is 7.87. The van der Waals surface area contributed by atoms with Crippen LogP contribution in [0.1, 0.15) is 23.6 Å². The predicted octanol–water partition coefficient (Wildman–Crippen LogP) is 2.45. The lowest BCUT2D eigenvalue weighted by molar-refractivity contribution is -0.127. The minimum Gasteiger partial charge on any atom is -0.352 e. The smallest absolute Gasteiger partial charge is 0.239 e. The molecule has 7 heteroatoms. The first-order valence-corrected chi connectivity index (χ1v) is 9.62. The lowest BCUT2D eigenvalue weighted by Gasteiger charge is -2.20. The van der Waals surface area contributed by atoms with E-state index in [0.29, 0.717) is 0 Å². The molecule has 0 aromatic carbocycles. The molecule has 2 heterocycles. The molecule has 2 rings (SSSR count). The Bertz CT molecular complexity index is 588. The van der Waals surface area contributed by atoms with Gasteiger partial charge in [0, 0.05) is 28.9 Å². The molecule has 24 heavy (non-hydrogen) atoms. The van der Waals surface area contributed by atoms with Gasteiger partial charge in [0.2, 0.25) is 11.8 Å². The Labute approximate surface area is 150 Å². The van der Waals surface area contributed by atoms with Crippen molar-refractivity contribution in [3.05, 3.63) is 44.8 Å². The number of amides is 2. The topological polar surface area (TPSA) is 61.4 Å². The number of carbonyl (C=O) groups is 2. The minimum atomic E-state index is -0.165. The molecule has 0 aliphatic carbocycles. The molecule has 0 bridgehead atoms. The van der Waals surface area contributed by atoms with E-state index in [-0.39, 0.29) is 30.9 Å². The Morgan fingerprint density at radius 3 is 2.08 bits per heavy atom. The SMILES string of the molecule is CC(C)NC(=O)CNC(=O)CN(Cc1cccs1)Cc1cccs1. The largest absolute Gasteiger partial charge is 0.352 e. The van der Waals surface area contributed by atoms with Crippen molar-refractivity contribution in [3.63, 3.8) is 0 Å². The van der Waals surface area contributed by atoms with Crippen LogP contribution in [0, 0.1) is 0 Å². The molecule has 0 atom stereocenters. The maximum atomic E-state index is 12.2. The molecule has 0 aliphatic rings. The first-order valence-electron chi connectivity index (χ1n) is 7.86. The van der Waals surface area contributed by atoms with Gasteiger partial charge in [-0.2, -0.15) is 0 Å². The summed E-state index contributed by atoms with van der Waals surface area (Å²) in [5.41, 5.74) is 0. The summed E-state index contributed by atoms with van der Waals surface area (Å²) in [7, 11) is 0. The molecule has 2 N–H and O–H groups in total. The normalized spacial score (nSPS) is 11.0. The van der Waals surface area contributed by atoms with Gasteiger partial charge in [-0.3, -0.25) is 14.5 Å². The zero-order chi connectivity index (χ0) is 17.4. The number of carbonyl (C=O) groups excluding carboxylic acids is 2. The Morgan fingerprint density at radius 1 is 1.04 bits per heavy atom. The maximum absolute atomic E-state index is 12.2. The average Bonchev–Trinajstić information content (AvgIpc) is 3.18. The van der Waals surface area contributed by atoms with E-state index < -0.39 is 0 Å². The Morgan fingerprint density at radius 2 is 1.62 bits per heavy atom. The molecule has 0 saturated carbocycles. The number of nitrogens with one attached hydrogen (secondary N) is 2. The molecule has 2 amide bonds. The number of thiophene rings is 2. The monoisotopic (exact) mass is 365 g/mol. The number of rotatable bonds is 9. The standard InChI is InChI=1S/C17H23N3O2S2/c1-13(2)19-16(21)9-18-17(22)12-20(10-14-5-3-7-23-14)11-15-6-4-8-24-15/h3-8,13H,9-12H2,1-2H3,(H,18,22)(H,19,21). The molecule has 0 unspecified atom stereocenters. The predicted molar refractivity (Wildman–Crippen MR) is 99.0 cm³/mol. The van der Waals surface area contributed by atoms with Crippen LogP contribution < -0.4 is 10.6 Å². The summed E-state index contributed by atoms with van der Waals surface area (Å²) < 4.78 is 0. The summed E-state index contributed by atoms with van der Waals surface area (Å²) in [6.07, 6.45) is 0. The van der Waals surface area contributed by atoms with Crippen LogP contribution in [0.2, 0.25) is 0 Å². The summed E-state index contributed by atoms with van der Waals surface area (Å²) in [6.45, 7) is 5.52. The van der Waals surface area contributed by atoms with Gasteiger partial charge in [-0.05, 0) is 36.7 Å². The highest BCUT2D eigenvalue weighted by atomic mass is 32.1. The molecule has 0 fully saturated rings. The van der Waals surface area contributed by atoms with E-state index in [4.69, 9.17) is 0 Å². The van der Waals surface area contributed by atoms with Crippen molar-refractivity contribution in [2.75, 3.05) is 13.1 Å². The Balaban J connectivity index is 1.86. The summed E-state index contributed by atoms with van der Waals surface area (Å²) in [6, 6.07) is 8.24. The van der Waals surface area contributed by atoms with Gasteiger partial charge in [0.25, 0.3) is 0 Å². The van der Waals surface area contributed by atoms with Gasteiger partial charge in [-0.25, -0.2) is 0 Å². The van der Waals surface area contributed by atoms with E-state index in [9.17, 15) is 9.59 Å². The molecule has 0 saturated heterocycles. The van der Waals surface area contributed by atoms with Crippen LogP contribution in [-0.4, -0.2) is 35.8 Å². The van der Waals surface area contributed by atoms with Gasteiger partial charge in [0.05, 0.1) is 13.1 Å². The highest BCUT2D eigenvalue weighted by Crippen LogP contribution is 2.16. The second-order valence-electron chi connectivity index (χ2n) is 5.80. The van der Waals surface area contributed by atoms with Crippen LogP contribution in [-0.2, 0) is 22.7 Å². The zero-order valence-electron chi connectivity index (χ0n) is 14.0. The van der Waals surface area contributed by atoms with E-state index in [1.165, 1.54) is 9.75 Å². The van der Waals surface area contributed by atoms with E-state index in [0.717, 1.165) is 13.1 Å². The summed E-state index contributed by atoms with van der Waals surface area (Å²) >= 11 is 3.36. The fourth-order valence-electron chi connectivity index (χ4n) is 2.22. The van der Waals surface area contributed by atoms with E-state index in [2.05, 4.69) is 27.7 Å². The highest BCUT2D eigenvalue weighted by Gasteiger charge is 2.14. The van der Waals surface area contributed by atoms with Crippen LogP contribution in [0.5, 0.6) is 0 Å². The summed E-state index contributed by atoms with van der Waals surface area (Å²) in [4.78, 5) is 28.3. The van der Waals surface area contributed by atoms with Crippen LogP contribution >= 0.6 is 22.7 Å². The molecule has 2 aromatic rings. The lowest BCUT2D eigenvalue weighted by atomic mass is 10.3. The zero-order valence-corrected chi connectivity index (χ0v) is 15.6. The minimum absolute atomic E-state index is 0.0167. The quantitative estimate of drug-likeness (QED) is 0.718. The Kier molecular flexibility index (Phi) is 7.42. The van der Waals surface area contributed by atoms with Crippen LogP contribution in [0.15, 0.2) is 35.0 Å². The van der Waals surface area contributed by atoms with Gasteiger partial charge < -0.3 is 10.6 Å². The molecule has 2 aromatic heterocycles. The van der Waals surface area contributed by atoms with Crippen LogP contribution in [0.4, 0.5) is 0 Å². The first-order chi connectivity index (χ1) is 11.5. The summed E-state index contributed by atoms with van der Waals surface area (Å²) in [5.74, 6) is -0.302. The number of hydrogen-bond donors (Lipinski definition) is 2. The highest BCUT2D eigenvalue weighted by molar-refractivity contribution is 7.10. The maximum Gasteiger partial charge on any atom is 0.239 e. The molecule has 5 nitrogen and oxygen atoms in total. The third-order valence-corrected chi connectivity index (χ3v) is 4.90.